The van der Waals surface area contributed by atoms with Gasteiger partial charge in [0, 0.05) is 11.6 Å². The lowest BCUT2D eigenvalue weighted by Gasteiger charge is -1.95. The molecule has 0 atom stereocenters. The zero-order valence-corrected chi connectivity index (χ0v) is 7.27. The summed E-state index contributed by atoms with van der Waals surface area (Å²) in [4.78, 5) is 19.9. The first-order chi connectivity index (χ1) is 6.75. The summed E-state index contributed by atoms with van der Waals surface area (Å²) in [6.45, 7) is 0.407. The minimum Gasteiger partial charge on any atom is -0.478 e. The van der Waals surface area contributed by atoms with E-state index in [2.05, 4.69) is 0 Å². The quantitative estimate of drug-likeness (QED) is 0.571. The summed E-state index contributed by atoms with van der Waals surface area (Å²) in [7, 11) is 0. The number of fused-ring (bicyclic) bond motifs is 1. The minimum absolute atomic E-state index is 0.407. The summed E-state index contributed by atoms with van der Waals surface area (Å²) in [6, 6.07) is 5.36. The number of aliphatic carboxylic acids is 1. The number of carbonyl (C=O) groups is 1. The Balaban J connectivity index is 2.25. The maximum Gasteiger partial charge on any atom is 0.328 e. The van der Waals surface area contributed by atoms with Gasteiger partial charge in [0.2, 0.25) is 0 Å². The Morgan fingerprint density at radius 3 is 3.14 bits per heavy atom. The van der Waals surface area contributed by atoms with Gasteiger partial charge in [-0.05, 0) is 23.8 Å². The van der Waals surface area contributed by atoms with E-state index in [0.717, 1.165) is 17.2 Å². The van der Waals surface area contributed by atoms with Crippen molar-refractivity contribution in [3.8, 4) is 5.75 Å². The lowest BCUT2D eigenvalue weighted by molar-refractivity contribution is -0.194. The van der Waals surface area contributed by atoms with Gasteiger partial charge in [-0.25, -0.2) is 4.79 Å². The molecule has 0 aromatic heterocycles. The van der Waals surface area contributed by atoms with E-state index in [4.69, 9.17) is 14.9 Å². The smallest absolute Gasteiger partial charge is 0.328 e. The van der Waals surface area contributed by atoms with Gasteiger partial charge in [0.05, 0.1) is 0 Å². The number of rotatable bonds is 2. The summed E-state index contributed by atoms with van der Waals surface area (Å²) in [6.07, 6.45) is 2.62. The Morgan fingerprint density at radius 1 is 1.50 bits per heavy atom. The lowest BCUT2D eigenvalue weighted by Crippen LogP contribution is -1.86. The van der Waals surface area contributed by atoms with Crippen LogP contribution < -0.4 is 4.89 Å². The fourth-order valence-electron chi connectivity index (χ4n) is 1.22. The van der Waals surface area contributed by atoms with Gasteiger partial charge in [0.15, 0.2) is 5.75 Å². The number of carboxylic acids is 1. The van der Waals surface area contributed by atoms with Crippen LogP contribution in [-0.4, -0.2) is 11.1 Å². The maximum atomic E-state index is 10.3. The average molecular weight is 192 g/mol. The van der Waals surface area contributed by atoms with E-state index in [9.17, 15) is 4.79 Å². The van der Waals surface area contributed by atoms with Crippen LogP contribution in [0.3, 0.4) is 0 Å². The van der Waals surface area contributed by atoms with Gasteiger partial charge < -0.3 is 9.99 Å². The molecule has 2 rings (SSSR count). The molecular weight excluding hydrogens is 184 g/mol. The number of hydrogen-bond acceptors (Lipinski definition) is 3. The van der Waals surface area contributed by atoms with Crippen molar-refractivity contribution in [2.24, 2.45) is 0 Å². The van der Waals surface area contributed by atoms with Crippen LogP contribution in [0.2, 0.25) is 0 Å². The standard InChI is InChI=1S/C10H8O4/c11-10(12)4-2-7-1-3-9-8(5-7)6-13-14-9/h1-5H,6H2,(H,11,12). The third-order valence-electron chi connectivity index (χ3n) is 1.87. The molecule has 4 heteroatoms. The minimum atomic E-state index is -0.960. The largest absolute Gasteiger partial charge is 0.478 e. The van der Waals surface area contributed by atoms with Crippen LogP contribution in [0.4, 0.5) is 0 Å². The molecule has 0 saturated heterocycles. The molecule has 4 nitrogen and oxygen atoms in total. The SMILES string of the molecule is O=C(O)C=Cc1ccc2c(c1)COO2. The summed E-state index contributed by atoms with van der Waals surface area (Å²) in [5, 5.41) is 8.43. The van der Waals surface area contributed by atoms with E-state index in [1.807, 2.05) is 6.07 Å². The first-order valence-corrected chi connectivity index (χ1v) is 4.09. The Bertz CT molecular complexity index is 395. The van der Waals surface area contributed by atoms with Crippen LogP contribution in [0.5, 0.6) is 5.75 Å². The zero-order chi connectivity index (χ0) is 9.97. The van der Waals surface area contributed by atoms with Crippen molar-refractivity contribution in [3.05, 3.63) is 35.4 Å². The second kappa shape index (κ2) is 3.51. The van der Waals surface area contributed by atoms with Crippen molar-refractivity contribution in [2.45, 2.75) is 6.61 Å². The topological polar surface area (TPSA) is 55.8 Å². The van der Waals surface area contributed by atoms with E-state index in [1.165, 1.54) is 6.08 Å². The predicted molar refractivity (Wildman–Crippen MR) is 48.5 cm³/mol. The average Bonchev–Trinajstić information content (AvgIpc) is 2.61. The van der Waals surface area contributed by atoms with E-state index in [0.29, 0.717) is 12.4 Å². The van der Waals surface area contributed by atoms with Crippen molar-refractivity contribution in [1.29, 1.82) is 0 Å². The van der Waals surface area contributed by atoms with Gasteiger partial charge in [0.1, 0.15) is 6.61 Å². The lowest BCUT2D eigenvalue weighted by atomic mass is 10.1. The molecule has 0 saturated carbocycles. The first-order valence-electron chi connectivity index (χ1n) is 4.09. The molecule has 72 valence electrons. The highest BCUT2D eigenvalue weighted by atomic mass is 17.2. The molecule has 0 radical (unpaired) electrons. The van der Waals surface area contributed by atoms with Crippen molar-refractivity contribution < 1.29 is 19.7 Å². The fourth-order valence-corrected chi connectivity index (χ4v) is 1.22. The number of benzene rings is 1. The van der Waals surface area contributed by atoms with Gasteiger partial charge in [-0.15, -0.1) is 0 Å². The molecule has 0 spiro atoms. The molecule has 14 heavy (non-hydrogen) atoms. The molecule has 1 N–H and O–H groups in total. The van der Waals surface area contributed by atoms with E-state index >= 15 is 0 Å². The first kappa shape index (κ1) is 8.77. The summed E-state index contributed by atoms with van der Waals surface area (Å²) < 4.78 is 0. The maximum absolute atomic E-state index is 10.3. The highest BCUT2D eigenvalue weighted by Gasteiger charge is 2.12. The molecule has 0 aliphatic carbocycles. The molecule has 1 aromatic rings. The van der Waals surface area contributed by atoms with Gasteiger partial charge >= 0.3 is 5.97 Å². The second-order valence-corrected chi connectivity index (χ2v) is 2.88. The molecule has 1 aliphatic heterocycles. The molecular formula is C10H8O4. The summed E-state index contributed by atoms with van der Waals surface area (Å²) in [5.41, 5.74) is 1.75. The Hall–Kier alpha value is -1.81. The van der Waals surface area contributed by atoms with Crippen LogP contribution in [0, 0.1) is 0 Å². The molecule has 0 fully saturated rings. The third-order valence-corrected chi connectivity index (χ3v) is 1.87. The van der Waals surface area contributed by atoms with Crippen molar-refractivity contribution in [3.63, 3.8) is 0 Å². The third kappa shape index (κ3) is 1.75. The summed E-state index contributed by atoms with van der Waals surface area (Å²) >= 11 is 0. The summed E-state index contributed by atoms with van der Waals surface area (Å²) in [5.74, 6) is -0.268. The molecule has 1 heterocycles. The van der Waals surface area contributed by atoms with Gasteiger partial charge in [-0.1, -0.05) is 6.07 Å². The fraction of sp³-hybridized carbons (Fsp3) is 0.100. The molecule has 1 aromatic carbocycles. The van der Waals surface area contributed by atoms with E-state index < -0.39 is 5.97 Å². The van der Waals surface area contributed by atoms with Gasteiger partial charge in [0.25, 0.3) is 0 Å². The normalized spacial score (nSPS) is 14.0. The predicted octanol–water partition coefficient (Wildman–Crippen LogP) is 1.61. The van der Waals surface area contributed by atoms with Crippen molar-refractivity contribution in [2.75, 3.05) is 0 Å². The van der Waals surface area contributed by atoms with Crippen LogP contribution in [0.1, 0.15) is 11.1 Å². The zero-order valence-electron chi connectivity index (χ0n) is 7.27. The molecule has 0 bridgehead atoms. The van der Waals surface area contributed by atoms with Crippen LogP contribution in [0.25, 0.3) is 6.08 Å². The highest BCUT2D eigenvalue weighted by Crippen LogP contribution is 2.26. The number of hydrogen-bond donors (Lipinski definition) is 1. The van der Waals surface area contributed by atoms with Crippen LogP contribution in [-0.2, 0) is 16.3 Å². The highest BCUT2D eigenvalue weighted by molar-refractivity contribution is 5.85. The van der Waals surface area contributed by atoms with E-state index in [1.54, 1.807) is 12.1 Å². The number of carboxylic acid groups (broad SMARTS) is 1. The molecule has 0 unspecified atom stereocenters. The Morgan fingerprint density at radius 2 is 2.36 bits per heavy atom. The second-order valence-electron chi connectivity index (χ2n) is 2.88. The van der Waals surface area contributed by atoms with Gasteiger partial charge in [-0.3, -0.25) is 0 Å². The molecule has 0 amide bonds. The molecule has 1 aliphatic rings. The van der Waals surface area contributed by atoms with Crippen LogP contribution >= 0.6 is 0 Å². The Kier molecular flexibility index (Phi) is 2.20. The Labute approximate surface area is 80.3 Å². The van der Waals surface area contributed by atoms with Crippen molar-refractivity contribution >= 4 is 12.0 Å². The van der Waals surface area contributed by atoms with Gasteiger partial charge in [-0.2, -0.15) is 4.89 Å². The monoisotopic (exact) mass is 192 g/mol. The van der Waals surface area contributed by atoms with Crippen molar-refractivity contribution in [1.82, 2.24) is 0 Å². The van der Waals surface area contributed by atoms with Crippen LogP contribution in [0.15, 0.2) is 24.3 Å². The van der Waals surface area contributed by atoms with E-state index in [-0.39, 0.29) is 0 Å².